The number of benzene rings is 1. The van der Waals surface area contributed by atoms with Crippen LogP contribution in [0.3, 0.4) is 0 Å². The van der Waals surface area contributed by atoms with E-state index in [0.29, 0.717) is 17.9 Å². The van der Waals surface area contributed by atoms with Crippen molar-refractivity contribution < 1.29 is 9.18 Å². The molecule has 2 heterocycles. The predicted molar refractivity (Wildman–Crippen MR) is 102 cm³/mol. The Bertz CT molecular complexity index is 899. The Morgan fingerprint density at radius 2 is 2.12 bits per heavy atom. The zero-order valence-corrected chi connectivity index (χ0v) is 15.8. The summed E-state index contributed by atoms with van der Waals surface area (Å²) in [4.78, 5) is 19.7. The van der Waals surface area contributed by atoms with E-state index >= 15 is 0 Å². The number of hydrogen-bond acceptors (Lipinski definition) is 4. The third kappa shape index (κ3) is 4.24. The average molecular weight is 420 g/mol. The third-order valence-corrected chi connectivity index (χ3v) is 5.21. The van der Waals surface area contributed by atoms with Crippen molar-refractivity contribution in [2.45, 2.75) is 6.54 Å². The van der Waals surface area contributed by atoms with Gasteiger partial charge >= 0.3 is 0 Å². The molecule has 128 valence electrons. The highest BCUT2D eigenvalue weighted by molar-refractivity contribution is 9.10. The summed E-state index contributed by atoms with van der Waals surface area (Å²) in [7, 11) is 1.73. The number of pyridine rings is 1. The van der Waals surface area contributed by atoms with Crippen LogP contribution in [0, 0.1) is 5.82 Å². The molecule has 0 radical (unpaired) electrons. The van der Waals surface area contributed by atoms with Crippen molar-refractivity contribution in [1.29, 1.82) is 0 Å². The van der Waals surface area contributed by atoms with E-state index in [1.54, 1.807) is 59.8 Å². The molecule has 0 aliphatic heterocycles. The Balaban J connectivity index is 1.82. The number of halogens is 2. The quantitative estimate of drug-likeness (QED) is 0.628. The molecule has 0 saturated carbocycles. The molecule has 0 atom stereocenters. The minimum absolute atomic E-state index is 0.184. The minimum atomic E-state index is -0.400. The molecule has 0 spiro atoms. The smallest absolute Gasteiger partial charge is 0.257 e. The van der Waals surface area contributed by atoms with Crippen molar-refractivity contribution in [3.63, 3.8) is 0 Å². The highest BCUT2D eigenvalue weighted by Crippen LogP contribution is 2.24. The highest BCUT2D eigenvalue weighted by Gasteiger charge is 2.18. The van der Waals surface area contributed by atoms with Crippen LogP contribution in [0.2, 0.25) is 0 Å². The van der Waals surface area contributed by atoms with Gasteiger partial charge in [-0.05, 0) is 46.3 Å². The van der Waals surface area contributed by atoms with E-state index < -0.39 is 5.82 Å². The van der Waals surface area contributed by atoms with Crippen LogP contribution in [-0.2, 0) is 6.54 Å². The van der Waals surface area contributed by atoms with Gasteiger partial charge in [-0.1, -0.05) is 12.1 Å². The van der Waals surface area contributed by atoms with E-state index in [2.05, 4.69) is 26.2 Å². The second-order valence-electron chi connectivity index (χ2n) is 5.40. The molecule has 0 bridgehead atoms. The number of aromatic nitrogens is 1. The van der Waals surface area contributed by atoms with Crippen molar-refractivity contribution >= 4 is 44.7 Å². The van der Waals surface area contributed by atoms with Crippen LogP contribution >= 0.6 is 27.3 Å². The normalized spacial score (nSPS) is 10.5. The number of carbonyl (C=O) groups excluding carboxylic acids is 1. The second kappa shape index (κ2) is 7.76. The van der Waals surface area contributed by atoms with Crippen LogP contribution in [0.25, 0.3) is 0 Å². The van der Waals surface area contributed by atoms with Gasteiger partial charge in [0.15, 0.2) is 0 Å². The van der Waals surface area contributed by atoms with Crippen molar-refractivity contribution in [2.75, 3.05) is 12.4 Å². The summed E-state index contributed by atoms with van der Waals surface area (Å²) in [6.07, 6.45) is 1.57. The highest BCUT2D eigenvalue weighted by atomic mass is 79.9. The molecule has 0 saturated heterocycles. The SMILES string of the molecule is CN(Cc1cc(Br)cs1)C(=O)c1cccnc1Nc1ccccc1F. The maximum Gasteiger partial charge on any atom is 0.257 e. The number of hydrogen-bond donors (Lipinski definition) is 1. The third-order valence-electron chi connectivity index (χ3n) is 3.53. The van der Waals surface area contributed by atoms with Gasteiger partial charge in [-0.2, -0.15) is 0 Å². The van der Waals surface area contributed by atoms with Crippen LogP contribution < -0.4 is 5.32 Å². The summed E-state index contributed by atoms with van der Waals surface area (Å²) >= 11 is 4.99. The number of carbonyl (C=O) groups is 1. The number of nitrogens with one attached hydrogen (secondary N) is 1. The van der Waals surface area contributed by atoms with Gasteiger partial charge in [0.1, 0.15) is 11.6 Å². The van der Waals surface area contributed by atoms with E-state index in [1.165, 1.54) is 6.07 Å². The fourth-order valence-electron chi connectivity index (χ4n) is 2.32. The van der Waals surface area contributed by atoms with Crippen molar-refractivity contribution in [2.24, 2.45) is 0 Å². The second-order valence-corrected chi connectivity index (χ2v) is 7.31. The number of anilines is 2. The minimum Gasteiger partial charge on any atom is -0.337 e. The fraction of sp³-hybridized carbons (Fsp3) is 0.111. The van der Waals surface area contributed by atoms with Crippen LogP contribution in [-0.4, -0.2) is 22.8 Å². The average Bonchev–Trinajstić information content (AvgIpc) is 3.01. The van der Waals surface area contributed by atoms with Crippen molar-refractivity contribution in [1.82, 2.24) is 9.88 Å². The molecule has 3 rings (SSSR count). The predicted octanol–water partition coefficient (Wildman–Crippen LogP) is 5.06. The van der Waals surface area contributed by atoms with Gasteiger partial charge in [0, 0.05) is 28.0 Å². The maximum atomic E-state index is 13.9. The number of thiophene rings is 1. The number of para-hydroxylation sites is 1. The summed E-state index contributed by atoms with van der Waals surface area (Å²) in [5, 5.41) is 4.88. The van der Waals surface area contributed by atoms with Gasteiger partial charge in [0.05, 0.1) is 17.8 Å². The van der Waals surface area contributed by atoms with Gasteiger partial charge in [0.25, 0.3) is 5.91 Å². The van der Waals surface area contributed by atoms with Gasteiger partial charge in [-0.15, -0.1) is 11.3 Å². The summed E-state index contributed by atoms with van der Waals surface area (Å²) in [5.74, 6) is -0.253. The molecular formula is C18H15BrFN3OS. The summed E-state index contributed by atoms with van der Waals surface area (Å²) < 4.78 is 14.9. The molecule has 1 aromatic carbocycles. The topological polar surface area (TPSA) is 45.2 Å². The first-order valence-electron chi connectivity index (χ1n) is 7.49. The van der Waals surface area contributed by atoms with Crippen LogP contribution in [0.5, 0.6) is 0 Å². The Kier molecular flexibility index (Phi) is 5.45. The van der Waals surface area contributed by atoms with Crippen LogP contribution in [0.15, 0.2) is 58.5 Å². The Morgan fingerprint density at radius 3 is 2.84 bits per heavy atom. The zero-order valence-electron chi connectivity index (χ0n) is 13.4. The van der Waals surface area contributed by atoms with Gasteiger partial charge < -0.3 is 10.2 Å². The fourth-order valence-corrected chi connectivity index (χ4v) is 3.82. The first-order valence-corrected chi connectivity index (χ1v) is 9.17. The molecule has 1 N–H and O–H groups in total. The molecule has 0 aliphatic rings. The monoisotopic (exact) mass is 419 g/mol. The molecule has 25 heavy (non-hydrogen) atoms. The Hall–Kier alpha value is -2.25. The lowest BCUT2D eigenvalue weighted by Crippen LogP contribution is -2.26. The van der Waals surface area contributed by atoms with Crippen LogP contribution in [0.1, 0.15) is 15.2 Å². The van der Waals surface area contributed by atoms with Gasteiger partial charge in [-0.25, -0.2) is 9.37 Å². The molecule has 0 unspecified atom stereocenters. The Morgan fingerprint density at radius 1 is 1.32 bits per heavy atom. The molecule has 0 aliphatic carbocycles. The summed E-state index contributed by atoms with van der Waals surface area (Å²) in [6.45, 7) is 0.489. The molecule has 0 fully saturated rings. The number of amides is 1. The van der Waals surface area contributed by atoms with Gasteiger partial charge in [0.2, 0.25) is 0 Å². The molecular weight excluding hydrogens is 405 g/mol. The van der Waals surface area contributed by atoms with Gasteiger partial charge in [-0.3, -0.25) is 4.79 Å². The van der Waals surface area contributed by atoms with Crippen LogP contribution in [0.4, 0.5) is 15.9 Å². The molecule has 4 nitrogen and oxygen atoms in total. The van der Waals surface area contributed by atoms with Crippen molar-refractivity contribution in [3.8, 4) is 0 Å². The van der Waals surface area contributed by atoms with E-state index in [4.69, 9.17) is 0 Å². The molecule has 2 aromatic heterocycles. The first kappa shape index (κ1) is 17.6. The van der Waals surface area contributed by atoms with E-state index in [0.717, 1.165) is 9.35 Å². The largest absolute Gasteiger partial charge is 0.337 e. The molecule has 3 aromatic rings. The zero-order chi connectivity index (χ0) is 17.8. The van der Waals surface area contributed by atoms with E-state index in [-0.39, 0.29) is 11.6 Å². The lowest BCUT2D eigenvalue weighted by molar-refractivity contribution is 0.0787. The first-order chi connectivity index (χ1) is 12.0. The molecule has 7 heteroatoms. The summed E-state index contributed by atoms with van der Waals surface area (Å²) in [6, 6.07) is 11.6. The van der Waals surface area contributed by atoms with Crippen molar-refractivity contribution in [3.05, 3.63) is 74.8 Å². The van der Waals surface area contributed by atoms with E-state index in [9.17, 15) is 9.18 Å². The standard InChI is InChI=1S/C18H15BrFN3OS/c1-23(10-13-9-12(19)11-25-13)18(24)14-5-4-8-21-17(14)22-16-7-3-2-6-15(16)20/h2-9,11H,10H2,1H3,(H,21,22). The van der Waals surface area contributed by atoms with E-state index in [1.807, 2.05) is 11.4 Å². The lowest BCUT2D eigenvalue weighted by Gasteiger charge is -2.18. The summed E-state index contributed by atoms with van der Waals surface area (Å²) in [5.41, 5.74) is 0.670. The number of rotatable bonds is 5. The number of nitrogens with zero attached hydrogens (tertiary/aromatic N) is 2. The lowest BCUT2D eigenvalue weighted by atomic mass is 10.2. The maximum absolute atomic E-state index is 13.9. The molecule has 1 amide bonds. The Labute approximate surface area is 157 Å².